The lowest BCUT2D eigenvalue weighted by Gasteiger charge is -2.33. The number of hydrogen-bond acceptors (Lipinski definition) is 4. The summed E-state index contributed by atoms with van der Waals surface area (Å²) in [5.74, 6) is 1.20. The van der Waals surface area contributed by atoms with Crippen LogP contribution in [0.3, 0.4) is 0 Å². The van der Waals surface area contributed by atoms with Crippen LogP contribution in [-0.4, -0.2) is 54.6 Å². The van der Waals surface area contributed by atoms with Crippen molar-refractivity contribution in [2.75, 3.05) is 13.1 Å². The molecular formula is C15H23N7O. The van der Waals surface area contributed by atoms with Gasteiger partial charge in [-0.05, 0) is 25.8 Å². The first-order chi connectivity index (χ1) is 11.1. The maximum Gasteiger partial charge on any atom is 0.317 e. The van der Waals surface area contributed by atoms with Crippen LogP contribution in [0.2, 0.25) is 0 Å². The summed E-state index contributed by atoms with van der Waals surface area (Å²) in [6.45, 7) is 4.13. The molecule has 1 aliphatic rings. The Morgan fingerprint density at radius 2 is 2.39 bits per heavy atom. The number of likely N-dealkylation sites (tertiary alicyclic amines) is 1. The normalized spacial score (nSPS) is 19.6. The summed E-state index contributed by atoms with van der Waals surface area (Å²) in [5, 5.41) is 15.3. The first-order valence-corrected chi connectivity index (χ1v) is 8.00. The Bertz CT molecular complexity index is 636. The SMILES string of the molecule is C[C@H](Cn1cccn1)NC(=O)N1CCC[C@H](c2nncn2C)C1. The minimum atomic E-state index is -0.0171. The number of aryl methyl sites for hydroxylation is 1. The van der Waals surface area contributed by atoms with Gasteiger partial charge in [0.1, 0.15) is 12.2 Å². The number of rotatable bonds is 4. The summed E-state index contributed by atoms with van der Waals surface area (Å²) in [6.07, 6.45) is 7.37. The minimum Gasteiger partial charge on any atom is -0.334 e. The molecule has 0 bridgehead atoms. The lowest BCUT2D eigenvalue weighted by molar-refractivity contribution is 0.173. The third-order valence-corrected chi connectivity index (χ3v) is 4.21. The molecule has 3 heterocycles. The molecule has 23 heavy (non-hydrogen) atoms. The highest BCUT2D eigenvalue weighted by atomic mass is 16.2. The van der Waals surface area contributed by atoms with Crippen molar-refractivity contribution in [2.45, 2.75) is 38.3 Å². The van der Waals surface area contributed by atoms with Crippen LogP contribution < -0.4 is 5.32 Å². The van der Waals surface area contributed by atoms with Gasteiger partial charge in [0, 0.05) is 44.5 Å². The van der Waals surface area contributed by atoms with E-state index in [9.17, 15) is 4.79 Å². The van der Waals surface area contributed by atoms with Gasteiger partial charge in [-0.25, -0.2) is 4.79 Å². The molecule has 1 fully saturated rings. The molecule has 0 radical (unpaired) electrons. The molecule has 1 saturated heterocycles. The van der Waals surface area contributed by atoms with E-state index in [0.29, 0.717) is 13.1 Å². The zero-order chi connectivity index (χ0) is 16.2. The number of carbonyl (C=O) groups is 1. The van der Waals surface area contributed by atoms with Crippen molar-refractivity contribution in [1.82, 2.24) is 34.8 Å². The van der Waals surface area contributed by atoms with E-state index in [1.54, 1.807) is 12.5 Å². The van der Waals surface area contributed by atoms with Crippen molar-refractivity contribution in [3.05, 3.63) is 30.6 Å². The molecule has 8 heteroatoms. The number of amides is 2. The molecule has 1 N–H and O–H groups in total. The molecule has 0 aliphatic carbocycles. The van der Waals surface area contributed by atoms with Crippen LogP contribution in [0, 0.1) is 0 Å². The van der Waals surface area contributed by atoms with Crippen LogP contribution in [0.4, 0.5) is 4.79 Å². The van der Waals surface area contributed by atoms with E-state index in [1.807, 2.05) is 40.4 Å². The predicted octanol–water partition coefficient (Wildman–Crippen LogP) is 0.989. The lowest BCUT2D eigenvalue weighted by Crippen LogP contribution is -2.48. The van der Waals surface area contributed by atoms with Gasteiger partial charge < -0.3 is 14.8 Å². The number of hydrogen-bond donors (Lipinski definition) is 1. The maximum absolute atomic E-state index is 12.5. The number of aromatic nitrogens is 5. The second-order valence-electron chi connectivity index (χ2n) is 6.16. The Balaban J connectivity index is 1.55. The smallest absolute Gasteiger partial charge is 0.317 e. The van der Waals surface area contributed by atoms with Crippen molar-refractivity contribution < 1.29 is 4.79 Å². The van der Waals surface area contributed by atoms with E-state index in [0.717, 1.165) is 25.2 Å². The van der Waals surface area contributed by atoms with E-state index in [-0.39, 0.29) is 18.0 Å². The Labute approximate surface area is 135 Å². The Kier molecular flexibility index (Phi) is 4.59. The van der Waals surface area contributed by atoms with Gasteiger partial charge >= 0.3 is 6.03 Å². The zero-order valence-corrected chi connectivity index (χ0v) is 13.6. The molecule has 2 amide bonds. The van der Waals surface area contributed by atoms with Crippen molar-refractivity contribution in [3.8, 4) is 0 Å². The van der Waals surface area contributed by atoms with E-state index >= 15 is 0 Å². The number of nitrogens with zero attached hydrogens (tertiary/aromatic N) is 6. The summed E-state index contributed by atoms with van der Waals surface area (Å²) in [7, 11) is 1.94. The molecule has 2 aromatic rings. The van der Waals surface area contributed by atoms with Gasteiger partial charge in [-0.15, -0.1) is 10.2 Å². The summed E-state index contributed by atoms with van der Waals surface area (Å²) >= 11 is 0. The number of nitrogens with one attached hydrogen (secondary N) is 1. The summed E-state index contributed by atoms with van der Waals surface area (Å²) in [4.78, 5) is 14.4. The molecule has 1 aliphatic heterocycles. The van der Waals surface area contributed by atoms with Gasteiger partial charge in [-0.1, -0.05) is 0 Å². The molecule has 2 atom stereocenters. The van der Waals surface area contributed by atoms with Gasteiger partial charge in [0.2, 0.25) is 0 Å². The Hall–Kier alpha value is -2.38. The van der Waals surface area contributed by atoms with Crippen molar-refractivity contribution in [2.24, 2.45) is 7.05 Å². The summed E-state index contributed by atoms with van der Waals surface area (Å²) < 4.78 is 3.76. The topological polar surface area (TPSA) is 80.9 Å². The third kappa shape index (κ3) is 3.69. The van der Waals surface area contributed by atoms with Gasteiger partial charge in [0.15, 0.2) is 0 Å². The first-order valence-electron chi connectivity index (χ1n) is 8.00. The van der Waals surface area contributed by atoms with Crippen molar-refractivity contribution >= 4 is 6.03 Å². The fraction of sp³-hybridized carbons (Fsp3) is 0.600. The Morgan fingerprint density at radius 1 is 1.52 bits per heavy atom. The standard InChI is InChI=1S/C15H23N7O/c1-12(9-22-8-4-6-17-22)18-15(23)21-7-3-5-13(10-21)14-19-16-11-20(14)2/h4,6,8,11-13H,3,5,7,9-10H2,1-2H3,(H,18,23)/t12-,13+/m1/s1. The quantitative estimate of drug-likeness (QED) is 0.912. The molecule has 0 saturated carbocycles. The van der Waals surface area contributed by atoms with Crippen molar-refractivity contribution in [1.29, 1.82) is 0 Å². The molecule has 3 rings (SSSR count). The summed E-state index contributed by atoms with van der Waals surface area (Å²) in [6, 6.07) is 1.89. The minimum absolute atomic E-state index is 0.0171. The van der Waals surface area contributed by atoms with Crippen LogP contribution in [-0.2, 0) is 13.6 Å². The maximum atomic E-state index is 12.5. The van der Waals surface area contributed by atoms with Crippen LogP contribution in [0.15, 0.2) is 24.8 Å². The van der Waals surface area contributed by atoms with Gasteiger partial charge in [-0.2, -0.15) is 5.10 Å². The van der Waals surface area contributed by atoms with E-state index in [2.05, 4.69) is 20.6 Å². The monoisotopic (exact) mass is 317 g/mol. The molecule has 8 nitrogen and oxygen atoms in total. The lowest BCUT2D eigenvalue weighted by atomic mass is 9.97. The van der Waals surface area contributed by atoms with E-state index in [4.69, 9.17) is 0 Å². The zero-order valence-electron chi connectivity index (χ0n) is 13.6. The highest BCUT2D eigenvalue weighted by Crippen LogP contribution is 2.24. The third-order valence-electron chi connectivity index (χ3n) is 4.21. The van der Waals surface area contributed by atoms with Crippen LogP contribution in [0.25, 0.3) is 0 Å². The van der Waals surface area contributed by atoms with E-state index in [1.165, 1.54) is 0 Å². The van der Waals surface area contributed by atoms with Crippen LogP contribution in [0.1, 0.15) is 31.5 Å². The van der Waals surface area contributed by atoms with Gasteiger partial charge in [0.25, 0.3) is 0 Å². The first kappa shape index (κ1) is 15.5. The molecule has 0 spiro atoms. The average Bonchev–Trinajstić information content (AvgIpc) is 3.19. The average molecular weight is 317 g/mol. The predicted molar refractivity (Wildman–Crippen MR) is 84.8 cm³/mol. The number of piperidine rings is 1. The second-order valence-corrected chi connectivity index (χ2v) is 6.16. The fourth-order valence-electron chi connectivity index (χ4n) is 3.07. The molecule has 0 aromatic carbocycles. The molecular weight excluding hydrogens is 294 g/mol. The van der Waals surface area contributed by atoms with E-state index < -0.39 is 0 Å². The molecule has 0 unspecified atom stereocenters. The highest BCUT2D eigenvalue weighted by Gasteiger charge is 2.27. The summed E-state index contributed by atoms with van der Waals surface area (Å²) in [5.41, 5.74) is 0. The molecule has 124 valence electrons. The van der Waals surface area contributed by atoms with Crippen LogP contribution in [0.5, 0.6) is 0 Å². The van der Waals surface area contributed by atoms with Gasteiger partial charge in [-0.3, -0.25) is 4.68 Å². The Morgan fingerprint density at radius 3 is 3.09 bits per heavy atom. The largest absolute Gasteiger partial charge is 0.334 e. The number of urea groups is 1. The van der Waals surface area contributed by atoms with Crippen molar-refractivity contribution in [3.63, 3.8) is 0 Å². The fourth-order valence-corrected chi connectivity index (χ4v) is 3.07. The molecule has 2 aromatic heterocycles. The number of carbonyl (C=O) groups excluding carboxylic acids is 1. The second kappa shape index (κ2) is 6.80. The highest BCUT2D eigenvalue weighted by molar-refractivity contribution is 5.74. The van der Waals surface area contributed by atoms with Gasteiger partial charge in [0.05, 0.1) is 6.54 Å². The van der Waals surface area contributed by atoms with Crippen LogP contribution >= 0.6 is 0 Å².